The Balaban J connectivity index is 0.000000256. The maximum atomic E-state index is 13.4. The Morgan fingerprint density at radius 3 is 1.52 bits per heavy atom. The van der Waals surface area contributed by atoms with Gasteiger partial charge in [0, 0.05) is 50.1 Å². The molecule has 0 aliphatic carbocycles. The minimum atomic E-state index is -4.75. The van der Waals surface area contributed by atoms with Crippen molar-refractivity contribution in [2.75, 3.05) is 13.2 Å². The van der Waals surface area contributed by atoms with E-state index in [0.29, 0.717) is 83.1 Å². The van der Waals surface area contributed by atoms with E-state index in [1.807, 2.05) is 23.5 Å². The standard InChI is InChI=1S/C35H41F6N5O2.C32H29N3O4S2.Ru/c1-3-5-7-9-11-13-18-47-29-16-15-17-30(48-19-14-12-10-8-6-4-2)33(29)24-20-25(27-22-31(45-43-27)34(36,37)38)42-26(21-24)28-23-32(46-44-28)35(39,40)41;1-3-4-5-6-7-23-14-21(2)40-32(23)31-9-8-30(41-31)22-10-12-33-26(15-22)28-17-25(39-20-37)18-29(35-28)27-16-24(38-19-36)11-13-34-27;/h15-17,20-23H,3-14,18-19H2,1-2H3;8-20H,3-7H2,1-2H3;/q-2;;+2. The van der Waals surface area contributed by atoms with E-state index in [0.717, 1.165) is 93.2 Å². The first-order valence-corrected chi connectivity index (χ1v) is 31.6. The molecule has 0 radical (unpaired) electrons. The van der Waals surface area contributed by atoms with Crippen LogP contribution in [0.2, 0.25) is 0 Å². The van der Waals surface area contributed by atoms with Crippen molar-refractivity contribution in [3.63, 3.8) is 0 Å². The fraction of sp³-hybridized carbons (Fsp3) is 0.373. The zero-order valence-corrected chi connectivity index (χ0v) is 53.8. The Morgan fingerprint density at radius 1 is 0.500 bits per heavy atom. The van der Waals surface area contributed by atoms with E-state index in [1.165, 1.54) is 77.0 Å². The van der Waals surface area contributed by atoms with Crippen LogP contribution in [0.1, 0.15) is 145 Å². The second-order valence-electron chi connectivity index (χ2n) is 21.2. The molecular weight excluding hydrogens is 1290 g/mol. The third kappa shape index (κ3) is 19.9. The summed E-state index contributed by atoms with van der Waals surface area (Å²) in [6, 6.07) is 26.9. The molecule has 0 aliphatic rings. The van der Waals surface area contributed by atoms with Crippen molar-refractivity contribution < 1.29 is 74.4 Å². The van der Waals surface area contributed by atoms with Gasteiger partial charge in [-0.25, -0.2) is 4.98 Å². The number of ether oxygens (including phenoxy) is 4. The van der Waals surface area contributed by atoms with E-state index in [9.17, 15) is 35.9 Å². The summed E-state index contributed by atoms with van der Waals surface area (Å²) in [5.41, 5.74) is 2.44. The second-order valence-corrected chi connectivity index (χ2v) is 23.5. The van der Waals surface area contributed by atoms with Crippen LogP contribution in [-0.4, -0.2) is 56.3 Å². The molecule has 8 aromatic heterocycles. The van der Waals surface area contributed by atoms with Gasteiger partial charge in [0.1, 0.15) is 34.4 Å². The maximum absolute atomic E-state index is 13.4. The van der Waals surface area contributed by atoms with Crippen molar-refractivity contribution in [2.45, 2.75) is 149 Å². The van der Waals surface area contributed by atoms with Gasteiger partial charge in [-0.2, -0.15) is 26.3 Å². The molecule has 0 saturated heterocycles. The van der Waals surface area contributed by atoms with Gasteiger partial charge in [-0.05, 0) is 122 Å². The summed E-state index contributed by atoms with van der Waals surface area (Å²) in [5, 5.41) is 13.9. The van der Waals surface area contributed by atoms with Gasteiger partial charge < -0.3 is 39.3 Å². The Labute approximate surface area is 540 Å². The van der Waals surface area contributed by atoms with Crippen LogP contribution in [0.3, 0.4) is 0 Å². The summed E-state index contributed by atoms with van der Waals surface area (Å²) in [4.78, 5) is 45.0. The molecule has 0 N–H and O–H groups in total. The predicted molar refractivity (Wildman–Crippen MR) is 334 cm³/mol. The van der Waals surface area contributed by atoms with Crippen molar-refractivity contribution in [3.8, 4) is 99.9 Å². The molecule has 0 fully saturated rings. The Kier molecular flexibility index (Phi) is 26.8. The smallest absolute Gasteiger partial charge is 0.573 e. The SMILES string of the molecule is CCCCCCCCOc1cccc(OCCCCCCCC)c1-c1cc(-c2cc(C(F)(F)F)n[n-]2)nc(-c2cc(C(F)(F)F)n[n-]2)c1.CCCCCCc1cc(C)sc1-c1ccc(-c2ccnc(-c3cc(OC=O)cc(-c4cc(OC=O)ccn4)n3)c2)s1.[Ru+2]. The van der Waals surface area contributed by atoms with Crippen molar-refractivity contribution in [2.24, 2.45) is 0 Å². The number of carbonyl (C=O) groups excluding carboxylic acids is 2. The first kappa shape index (κ1) is 69.9. The van der Waals surface area contributed by atoms with Crippen LogP contribution in [-0.2, 0) is 47.8 Å². The number of aromatic nitrogens is 8. The summed E-state index contributed by atoms with van der Waals surface area (Å²) >= 11 is 3.63. The summed E-state index contributed by atoms with van der Waals surface area (Å²) in [7, 11) is 0. The average Bonchev–Trinajstić information content (AvgIpc) is 1.45. The number of hydrogen-bond donors (Lipinski definition) is 0. The van der Waals surface area contributed by atoms with E-state index in [-0.39, 0.29) is 42.3 Å². The number of benzene rings is 1. The third-order valence-electron chi connectivity index (χ3n) is 14.3. The van der Waals surface area contributed by atoms with Crippen LogP contribution in [0.25, 0.3) is 76.9 Å². The van der Waals surface area contributed by atoms with Gasteiger partial charge in [0.15, 0.2) is 0 Å². The Bertz CT molecular complexity index is 3610. The summed E-state index contributed by atoms with van der Waals surface area (Å²) in [5.74, 6) is 1.55. The number of pyridine rings is 4. The topological polar surface area (TPSA) is 177 Å². The van der Waals surface area contributed by atoms with Crippen LogP contribution >= 0.6 is 22.7 Å². The maximum Gasteiger partial charge on any atom is 2.00 e. The minimum Gasteiger partial charge on any atom is -0.573 e. The van der Waals surface area contributed by atoms with Gasteiger partial charge in [0.25, 0.3) is 12.9 Å². The third-order valence-corrected chi connectivity index (χ3v) is 16.7. The van der Waals surface area contributed by atoms with Crippen LogP contribution in [0, 0.1) is 6.92 Å². The number of nitrogens with zero attached hydrogens (tertiary/aromatic N) is 8. The quantitative estimate of drug-likeness (QED) is 0.0168. The van der Waals surface area contributed by atoms with E-state index >= 15 is 0 Å². The van der Waals surface area contributed by atoms with Crippen LogP contribution in [0.15, 0.2) is 109 Å². The fourth-order valence-corrected chi connectivity index (χ4v) is 12.0. The molecule has 9 rings (SSSR count). The minimum absolute atomic E-state index is 0. The molecule has 0 amide bonds. The first-order valence-electron chi connectivity index (χ1n) is 30.0. The second kappa shape index (κ2) is 34.5. The zero-order valence-electron chi connectivity index (χ0n) is 50.4. The number of alkyl halides is 6. The summed E-state index contributed by atoms with van der Waals surface area (Å²) in [6.07, 6.45) is 12.6. The predicted octanol–water partition coefficient (Wildman–Crippen LogP) is 18.5. The molecule has 0 bridgehead atoms. The van der Waals surface area contributed by atoms with Crippen molar-refractivity contribution in [3.05, 3.63) is 131 Å². The van der Waals surface area contributed by atoms with E-state index in [1.54, 1.807) is 60.0 Å². The number of rotatable bonds is 32. The molecule has 14 nitrogen and oxygen atoms in total. The Morgan fingerprint density at radius 2 is 0.978 bits per heavy atom. The Hall–Kier alpha value is -7.62. The molecule has 0 aliphatic heterocycles. The summed E-state index contributed by atoms with van der Waals surface area (Å²) < 4.78 is 103. The number of aryl methyl sites for hydroxylation is 2. The van der Waals surface area contributed by atoms with Gasteiger partial charge in [-0.3, -0.25) is 24.5 Å². The molecule has 23 heteroatoms. The molecule has 0 saturated carbocycles. The molecule has 0 unspecified atom stereocenters. The monoisotopic (exact) mass is 1360 g/mol. The molecule has 90 heavy (non-hydrogen) atoms. The molecule has 0 spiro atoms. The molecule has 9 aromatic rings. The van der Waals surface area contributed by atoms with Gasteiger partial charge in [-0.15, -0.1) is 22.7 Å². The van der Waals surface area contributed by atoms with Crippen molar-refractivity contribution >= 4 is 35.6 Å². The molecule has 8 heterocycles. The van der Waals surface area contributed by atoms with E-state index in [4.69, 9.17) is 23.9 Å². The first-order chi connectivity index (χ1) is 43.1. The van der Waals surface area contributed by atoms with Crippen molar-refractivity contribution in [1.29, 1.82) is 0 Å². The van der Waals surface area contributed by atoms with Crippen molar-refractivity contribution in [1.82, 2.24) is 40.3 Å². The zero-order chi connectivity index (χ0) is 63.2. The van der Waals surface area contributed by atoms with Gasteiger partial charge in [-0.1, -0.05) is 122 Å². The number of hydrogen-bond acceptors (Lipinski definition) is 14. The van der Waals surface area contributed by atoms with E-state index < -0.39 is 23.7 Å². The molecule has 1 aromatic carbocycles. The molecule has 0 atom stereocenters. The number of halogens is 6. The van der Waals surface area contributed by atoms with Crippen LogP contribution in [0.4, 0.5) is 26.3 Å². The van der Waals surface area contributed by atoms with Gasteiger partial charge in [0.2, 0.25) is 0 Å². The molecule has 476 valence electrons. The summed E-state index contributed by atoms with van der Waals surface area (Å²) in [6.45, 7) is 10.3. The molecular formula is C67H70F6N8O6RuS2. The average molecular weight is 1360 g/mol. The van der Waals surface area contributed by atoms with Gasteiger partial charge in [0.05, 0.1) is 52.9 Å². The van der Waals surface area contributed by atoms with Gasteiger partial charge >= 0.3 is 31.8 Å². The van der Waals surface area contributed by atoms with Crippen LogP contribution in [0.5, 0.6) is 23.0 Å². The number of carbonyl (C=O) groups is 2. The fourth-order valence-electron chi connectivity index (χ4n) is 9.83. The number of thiophene rings is 2. The largest absolute Gasteiger partial charge is 2.00 e. The van der Waals surface area contributed by atoms with E-state index in [2.05, 4.69) is 81.2 Å². The number of unbranched alkanes of at least 4 members (excludes halogenated alkanes) is 13. The van der Waals surface area contributed by atoms with Crippen LogP contribution < -0.4 is 29.1 Å². The normalized spacial score (nSPS) is 11.4.